The predicted molar refractivity (Wildman–Crippen MR) is 133 cm³/mol. The van der Waals surface area contributed by atoms with Gasteiger partial charge in [0.15, 0.2) is 0 Å². The van der Waals surface area contributed by atoms with E-state index >= 15 is 0 Å². The third-order valence-electron chi connectivity index (χ3n) is 5.94. The minimum absolute atomic E-state index is 0.120. The van der Waals surface area contributed by atoms with Crippen molar-refractivity contribution in [1.29, 1.82) is 0 Å². The van der Waals surface area contributed by atoms with E-state index in [2.05, 4.69) is 52.0 Å². The first kappa shape index (κ1) is 23.0. The fourth-order valence-electron chi connectivity index (χ4n) is 4.19. The molecule has 33 heavy (non-hydrogen) atoms. The van der Waals surface area contributed by atoms with Gasteiger partial charge in [-0.2, -0.15) is 0 Å². The second-order valence-electron chi connectivity index (χ2n) is 8.53. The van der Waals surface area contributed by atoms with Gasteiger partial charge in [-0.1, -0.05) is 49.4 Å². The first-order chi connectivity index (χ1) is 16.1. The highest BCUT2D eigenvalue weighted by Crippen LogP contribution is 2.19. The van der Waals surface area contributed by atoms with Crippen molar-refractivity contribution in [3.8, 4) is 0 Å². The quantitative estimate of drug-likeness (QED) is 0.476. The molecular weight excluding hydrogens is 432 g/mol. The Kier molecular flexibility index (Phi) is 7.75. The Labute approximate surface area is 199 Å². The Bertz CT molecular complexity index is 1060. The number of hydrogen-bond acceptors (Lipinski definition) is 4. The van der Waals surface area contributed by atoms with Crippen molar-refractivity contribution in [2.75, 3.05) is 18.4 Å². The van der Waals surface area contributed by atoms with Crippen LogP contribution < -0.4 is 16.0 Å². The van der Waals surface area contributed by atoms with Crippen molar-refractivity contribution in [3.05, 3.63) is 88.1 Å². The average Bonchev–Trinajstić information content (AvgIpc) is 3.34. The Morgan fingerprint density at radius 1 is 1.06 bits per heavy atom. The number of nitrogens with zero attached hydrogens (tertiary/aromatic N) is 1. The molecule has 1 fully saturated rings. The molecule has 0 saturated carbocycles. The van der Waals surface area contributed by atoms with E-state index in [1.165, 1.54) is 5.56 Å². The number of piperidine rings is 1. The summed E-state index contributed by atoms with van der Waals surface area (Å²) in [6, 6.07) is 21.3. The fraction of sp³-hybridized carbons (Fsp3) is 0.308. The summed E-state index contributed by atoms with van der Waals surface area (Å²) in [4.78, 5) is 28.6. The molecule has 0 bridgehead atoms. The highest BCUT2D eigenvalue weighted by atomic mass is 32.1. The first-order valence-electron chi connectivity index (χ1n) is 11.3. The maximum Gasteiger partial charge on any atom is 0.319 e. The van der Waals surface area contributed by atoms with Crippen LogP contribution in [0.2, 0.25) is 0 Å². The molecule has 1 aliphatic heterocycles. The van der Waals surface area contributed by atoms with Gasteiger partial charge >= 0.3 is 6.03 Å². The number of nitrogens with one attached hydrogen (secondary N) is 3. The summed E-state index contributed by atoms with van der Waals surface area (Å²) in [5.41, 5.74) is 2.44. The van der Waals surface area contributed by atoms with Crippen molar-refractivity contribution in [3.63, 3.8) is 0 Å². The monoisotopic (exact) mass is 462 g/mol. The van der Waals surface area contributed by atoms with Gasteiger partial charge < -0.3 is 16.0 Å². The van der Waals surface area contributed by atoms with Crippen molar-refractivity contribution in [2.24, 2.45) is 5.92 Å². The lowest BCUT2D eigenvalue weighted by atomic mass is 9.93. The number of thiophene rings is 1. The Balaban J connectivity index is 1.25. The third kappa shape index (κ3) is 6.66. The van der Waals surface area contributed by atoms with Crippen LogP contribution in [0.15, 0.2) is 72.1 Å². The van der Waals surface area contributed by atoms with Gasteiger partial charge in [0.25, 0.3) is 5.91 Å². The molecule has 0 radical (unpaired) electrons. The standard InChI is InChI=1S/C26H30N4O2S/c1-19-17-30(18-20-7-3-2-4-8-20)13-12-24(19)29-26(32)28-22-10-5-9-21(15-22)25(31)27-16-23-11-6-14-33-23/h2-11,14-15,19,24H,12-13,16-18H2,1H3,(H,27,31)(H2,28,29,32). The molecule has 3 amide bonds. The summed E-state index contributed by atoms with van der Waals surface area (Å²) in [6.45, 7) is 5.51. The summed E-state index contributed by atoms with van der Waals surface area (Å²) in [6.07, 6.45) is 0.909. The molecule has 4 rings (SSSR count). The second-order valence-corrected chi connectivity index (χ2v) is 9.57. The zero-order valence-electron chi connectivity index (χ0n) is 18.8. The highest BCUT2D eigenvalue weighted by Gasteiger charge is 2.27. The van der Waals surface area contributed by atoms with Gasteiger partial charge in [0, 0.05) is 41.8 Å². The van der Waals surface area contributed by atoms with E-state index in [1.807, 2.05) is 23.6 Å². The van der Waals surface area contributed by atoms with E-state index in [1.54, 1.807) is 35.6 Å². The van der Waals surface area contributed by atoms with Gasteiger partial charge in [0.1, 0.15) is 0 Å². The van der Waals surface area contributed by atoms with Crippen LogP contribution in [0.25, 0.3) is 0 Å². The molecule has 2 heterocycles. The maximum atomic E-state index is 12.6. The summed E-state index contributed by atoms with van der Waals surface area (Å²) >= 11 is 1.61. The molecule has 6 nitrogen and oxygen atoms in total. The second kappa shape index (κ2) is 11.1. The van der Waals surface area contributed by atoms with Crippen molar-refractivity contribution >= 4 is 29.0 Å². The number of amides is 3. The molecule has 7 heteroatoms. The molecule has 1 saturated heterocycles. The van der Waals surface area contributed by atoms with Gasteiger partial charge in [-0.15, -0.1) is 11.3 Å². The van der Waals surface area contributed by atoms with Crippen LogP contribution >= 0.6 is 11.3 Å². The van der Waals surface area contributed by atoms with Crippen molar-refractivity contribution in [1.82, 2.24) is 15.5 Å². The van der Waals surface area contributed by atoms with Gasteiger partial charge in [-0.25, -0.2) is 4.79 Å². The minimum atomic E-state index is -0.237. The lowest BCUT2D eigenvalue weighted by molar-refractivity contribution is 0.0951. The number of benzene rings is 2. The smallest absolute Gasteiger partial charge is 0.319 e. The third-order valence-corrected chi connectivity index (χ3v) is 6.82. The number of likely N-dealkylation sites (tertiary alicyclic amines) is 1. The molecule has 2 atom stereocenters. The number of urea groups is 1. The molecule has 3 aromatic rings. The summed E-state index contributed by atoms with van der Waals surface area (Å²) in [7, 11) is 0. The SMILES string of the molecule is CC1CN(Cc2ccccc2)CCC1NC(=O)Nc1cccc(C(=O)NCc2cccs2)c1. The van der Waals surface area contributed by atoms with Crippen LogP contribution in [0, 0.1) is 5.92 Å². The minimum Gasteiger partial charge on any atom is -0.347 e. The Morgan fingerprint density at radius 3 is 2.67 bits per heavy atom. The van der Waals surface area contributed by atoms with E-state index < -0.39 is 0 Å². The van der Waals surface area contributed by atoms with Crippen LogP contribution in [0.5, 0.6) is 0 Å². The molecule has 2 unspecified atom stereocenters. The number of rotatable bonds is 7. The Morgan fingerprint density at radius 2 is 1.91 bits per heavy atom. The summed E-state index contributed by atoms with van der Waals surface area (Å²) < 4.78 is 0. The van der Waals surface area contributed by atoms with Gasteiger partial charge in [-0.3, -0.25) is 9.69 Å². The van der Waals surface area contributed by atoms with Crippen LogP contribution in [0.4, 0.5) is 10.5 Å². The topological polar surface area (TPSA) is 73.5 Å². The normalized spacial score (nSPS) is 18.5. The fourth-order valence-corrected chi connectivity index (χ4v) is 4.83. The number of carbonyl (C=O) groups is 2. The average molecular weight is 463 g/mol. The van der Waals surface area contributed by atoms with Crippen LogP contribution in [-0.4, -0.2) is 36.0 Å². The lowest BCUT2D eigenvalue weighted by Crippen LogP contribution is -2.50. The predicted octanol–water partition coefficient (Wildman–Crippen LogP) is 4.71. The number of anilines is 1. The van der Waals surface area contributed by atoms with Crippen LogP contribution in [0.1, 0.15) is 34.1 Å². The molecule has 0 aliphatic carbocycles. The van der Waals surface area contributed by atoms with E-state index in [4.69, 9.17) is 0 Å². The zero-order valence-corrected chi connectivity index (χ0v) is 19.6. The molecule has 3 N–H and O–H groups in total. The maximum absolute atomic E-state index is 12.6. The van der Waals surface area contributed by atoms with Gasteiger partial charge in [0.05, 0.1) is 6.54 Å². The first-order valence-corrected chi connectivity index (χ1v) is 12.2. The molecule has 0 spiro atoms. The lowest BCUT2D eigenvalue weighted by Gasteiger charge is -2.37. The van der Waals surface area contributed by atoms with Crippen molar-refractivity contribution in [2.45, 2.75) is 32.5 Å². The molecule has 172 valence electrons. The van der Waals surface area contributed by atoms with Crippen molar-refractivity contribution < 1.29 is 9.59 Å². The van der Waals surface area contributed by atoms with E-state index in [0.29, 0.717) is 23.7 Å². The van der Waals surface area contributed by atoms with E-state index in [0.717, 1.165) is 30.9 Å². The van der Waals surface area contributed by atoms with E-state index in [9.17, 15) is 9.59 Å². The molecular formula is C26H30N4O2S. The largest absolute Gasteiger partial charge is 0.347 e. The molecule has 1 aliphatic rings. The van der Waals surface area contributed by atoms with Gasteiger partial charge in [0.2, 0.25) is 0 Å². The highest BCUT2D eigenvalue weighted by molar-refractivity contribution is 7.09. The van der Waals surface area contributed by atoms with Gasteiger partial charge in [-0.05, 0) is 47.5 Å². The Hall–Kier alpha value is -3.16. The summed E-state index contributed by atoms with van der Waals surface area (Å²) in [5, 5.41) is 10.9. The molecule has 2 aromatic carbocycles. The number of carbonyl (C=O) groups excluding carboxylic acids is 2. The zero-order chi connectivity index (χ0) is 23.0. The number of hydrogen-bond donors (Lipinski definition) is 3. The van der Waals surface area contributed by atoms with Crippen LogP contribution in [0.3, 0.4) is 0 Å². The molecule has 1 aromatic heterocycles. The van der Waals surface area contributed by atoms with Crippen LogP contribution in [-0.2, 0) is 13.1 Å². The summed E-state index contributed by atoms with van der Waals surface area (Å²) in [5.74, 6) is 0.189. The van der Waals surface area contributed by atoms with E-state index in [-0.39, 0.29) is 18.0 Å².